The lowest BCUT2D eigenvalue weighted by molar-refractivity contribution is 0.0955. The number of rotatable bonds is 6. The molecule has 5 rings (SSSR count). The summed E-state index contributed by atoms with van der Waals surface area (Å²) in [4.78, 5) is 12.9. The second-order valence-corrected chi connectivity index (χ2v) is 13.8. The van der Waals surface area contributed by atoms with Crippen molar-refractivity contribution in [3.63, 3.8) is 0 Å². The van der Waals surface area contributed by atoms with Crippen LogP contribution in [0.2, 0.25) is 5.15 Å². The third-order valence-electron chi connectivity index (χ3n) is 7.50. The number of para-hydroxylation sites is 1. The zero-order valence-electron chi connectivity index (χ0n) is 22.0. The summed E-state index contributed by atoms with van der Waals surface area (Å²) in [6.07, 6.45) is 4.21. The summed E-state index contributed by atoms with van der Waals surface area (Å²) < 4.78 is 30.3. The zero-order valence-corrected chi connectivity index (χ0v) is 23.6. The van der Waals surface area contributed by atoms with Gasteiger partial charge in [-0.05, 0) is 73.4 Å². The van der Waals surface area contributed by atoms with Gasteiger partial charge in [0.1, 0.15) is 5.15 Å². The molecule has 2 unspecified atom stereocenters. The predicted octanol–water partition coefficient (Wildman–Crippen LogP) is 5.19. The minimum absolute atomic E-state index is 0.00381. The molecule has 1 saturated heterocycles. The van der Waals surface area contributed by atoms with Crippen LogP contribution in [0.5, 0.6) is 0 Å². The fraction of sp³-hybridized carbons (Fsp3) is 0.393. The van der Waals surface area contributed by atoms with Crippen LogP contribution in [-0.4, -0.2) is 47.2 Å². The Morgan fingerprint density at radius 3 is 2.47 bits per heavy atom. The van der Waals surface area contributed by atoms with Crippen molar-refractivity contribution in [2.45, 2.75) is 57.9 Å². The molecule has 3 aromatic rings. The van der Waals surface area contributed by atoms with Gasteiger partial charge in [-0.25, -0.2) is 18.5 Å². The van der Waals surface area contributed by atoms with Crippen LogP contribution in [0.15, 0.2) is 64.6 Å². The molecule has 2 fully saturated rings. The van der Waals surface area contributed by atoms with Gasteiger partial charge in [-0.1, -0.05) is 50.6 Å². The van der Waals surface area contributed by atoms with Crippen molar-refractivity contribution in [2.75, 3.05) is 6.54 Å². The largest absolute Gasteiger partial charge is 0.271 e. The number of sulfonamides is 1. The van der Waals surface area contributed by atoms with Crippen molar-refractivity contribution >= 4 is 33.7 Å². The first-order valence-electron chi connectivity index (χ1n) is 12.6. The molecule has 1 amide bonds. The SMILES string of the molecule is Cc1nn(-c2ccccc2)c(Cl)c1/C=N/NC(=O)c1ccc(S(=O)(=O)N2CC3(C)CC2CC(C)(C)C3)cc1. The summed E-state index contributed by atoms with van der Waals surface area (Å²) in [5.74, 6) is -0.458. The molecule has 0 radical (unpaired) electrons. The molecule has 2 aromatic carbocycles. The Morgan fingerprint density at radius 1 is 1.11 bits per heavy atom. The van der Waals surface area contributed by atoms with Gasteiger partial charge in [-0.2, -0.15) is 14.5 Å². The monoisotopic (exact) mass is 553 g/mol. The number of hydrogen-bond acceptors (Lipinski definition) is 5. The molecule has 200 valence electrons. The first-order valence-corrected chi connectivity index (χ1v) is 14.5. The average Bonchev–Trinajstić information content (AvgIpc) is 3.30. The minimum Gasteiger partial charge on any atom is -0.267 e. The van der Waals surface area contributed by atoms with Crippen LogP contribution < -0.4 is 5.43 Å². The fourth-order valence-electron chi connectivity index (χ4n) is 6.22. The van der Waals surface area contributed by atoms with Gasteiger partial charge < -0.3 is 0 Å². The lowest BCUT2D eigenvalue weighted by atomic mass is 9.65. The van der Waals surface area contributed by atoms with Crippen molar-refractivity contribution < 1.29 is 13.2 Å². The fourth-order valence-corrected chi connectivity index (χ4v) is 8.32. The number of aromatic nitrogens is 2. The van der Waals surface area contributed by atoms with Gasteiger partial charge in [0.2, 0.25) is 10.0 Å². The number of benzene rings is 2. The van der Waals surface area contributed by atoms with Gasteiger partial charge in [0.05, 0.1) is 28.1 Å². The van der Waals surface area contributed by atoms with E-state index in [0.29, 0.717) is 28.5 Å². The Balaban J connectivity index is 1.27. The molecular formula is C28H32ClN5O3S. The van der Waals surface area contributed by atoms with Gasteiger partial charge in [0, 0.05) is 18.2 Å². The lowest BCUT2D eigenvalue weighted by Gasteiger charge is -2.39. The summed E-state index contributed by atoms with van der Waals surface area (Å²) in [6, 6.07) is 15.5. The number of carbonyl (C=O) groups excluding carboxylic acids is 1. The Morgan fingerprint density at radius 2 is 1.79 bits per heavy atom. The van der Waals surface area contributed by atoms with Crippen molar-refractivity contribution in [3.8, 4) is 5.69 Å². The number of halogens is 1. The zero-order chi connectivity index (χ0) is 27.3. The molecule has 2 atom stereocenters. The second-order valence-electron chi connectivity index (χ2n) is 11.5. The normalized spacial score (nSPS) is 23.1. The maximum Gasteiger partial charge on any atom is 0.271 e. The highest BCUT2D eigenvalue weighted by molar-refractivity contribution is 7.89. The molecule has 1 N–H and O–H groups in total. The van der Waals surface area contributed by atoms with Crippen LogP contribution in [0.4, 0.5) is 0 Å². The predicted molar refractivity (Wildman–Crippen MR) is 148 cm³/mol. The third-order valence-corrected chi connectivity index (χ3v) is 9.77. The minimum atomic E-state index is -3.66. The van der Waals surface area contributed by atoms with E-state index in [0.717, 1.165) is 24.9 Å². The summed E-state index contributed by atoms with van der Waals surface area (Å²) in [5.41, 5.74) is 4.97. The van der Waals surface area contributed by atoms with E-state index in [1.165, 1.54) is 30.5 Å². The van der Waals surface area contributed by atoms with E-state index in [1.54, 1.807) is 8.99 Å². The topological polar surface area (TPSA) is 96.7 Å². The summed E-state index contributed by atoms with van der Waals surface area (Å²) >= 11 is 6.50. The molecule has 1 aliphatic heterocycles. The van der Waals surface area contributed by atoms with Crippen molar-refractivity contribution in [1.29, 1.82) is 0 Å². The van der Waals surface area contributed by atoms with E-state index in [4.69, 9.17) is 11.6 Å². The number of nitrogens with zero attached hydrogens (tertiary/aromatic N) is 4. The first-order chi connectivity index (χ1) is 17.9. The van der Waals surface area contributed by atoms with Crippen LogP contribution >= 0.6 is 11.6 Å². The van der Waals surface area contributed by atoms with Crippen LogP contribution in [0.3, 0.4) is 0 Å². The average molecular weight is 554 g/mol. The van der Waals surface area contributed by atoms with Gasteiger partial charge in [0.15, 0.2) is 0 Å². The summed E-state index contributed by atoms with van der Waals surface area (Å²) in [5, 5.41) is 8.88. The third kappa shape index (κ3) is 5.02. The molecule has 1 aromatic heterocycles. The van der Waals surface area contributed by atoms with Crippen LogP contribution in [0.25, 0.3) is 5.69 Å². The number of hydrogen-bond donors (Lipinski definition) is 1. The van der Waals surface area contributed by atoms with Gasteiger partial charge in [0.25, 0.3) is 5.91 Å². The molecule has 1 saturated carbocycles. The smallest absolute Gasteiger partial charge is 0.267 e. The molecule has 1 aliphatic carbocycles. The van der Waals surface area contributed by atoms with Crippen LogP contribution in [-0.2, 0) is 10.0 Å². The Kier molecular flexibility index (Phi) is 6.74. The lowest BCUT2D eigenvalue weighted by Crippen LogP contribution is -2.37. The number of amides is 1. The maximum atomic E-state index is 13.5. The molecule has 8 nitrogen and oxygen atoms in total. The quantitative estimate of drug-likeness (QED) is 0.336. The standard InChI is InChI=1S/C28H32ClN5O3S/c1-19-24(25(29)34(32-19)21-8-6-5-7-9-21)16-30-31-26(35)20-10-12-23(13-11-20)38(36,37)33-18-28(4)15-22(33)14-27(2,3)17-28/h5-13,16,22H,14-15,17-18H2,1-4H3,(H,31,35)/b30-16+. The van der Waals surface area contributed by atoms with Crippen molar-refractivity contribution in [2.24, 2.45) is 15.9 Å². The highest BCUT2D eigenvalue weighted by atomic mass is 35.5. The van der Waals surface area contributed by atoms with E-state index in [2.05, 4.69) is 36.4 Å². The highest BCUT2D eigenvalue weighted by Crippen LogP contribution is 2.53. The number of nitrogens with one attached hydrogen (secondary N) is 1. The van der Waals surface area contributed by atoms with Gasteiger partial charge >= 0.3 is 0 Å². The second kappa shape index (κ2) is 9.63. The number of hydrazone groups is 1. The molecule has 2 heterocycles. The summed E-state index contributed by atoms with van der Waals surface area (Å²) in [6.45, 7) is 8.96. The number of fused-ring (bicyclic) bond motifs is 2. The van der Waals surface area contributed by atoms with Crippen LogP contribution in [0, 0.1) is 17.8 Å². The Bertz CT molecular complexity index is 1500. The maximum absolute atomic E-state index is 13.5. The van der Waals surface area contributed by atoms with E-state index in [1.807, 2.05) is 37.3 Å². The van der Waals surface area contributed by atoms with Crippen molar-refractivity contribution in [3.05, 3.63) is 76.6 Å². The van der Waals surface area contributed by atoms with Crippen molar-refractivity contribution in [1.82, 2.24) is 19.5 Å². The number of carbonyl (C=O) groups is 1. The summed E-state index contributed by atoms with van der Waals surface area (Å²) in [7, 11) is -3.66. The molecule has 2 aliphatic rings. The Labute approximate surface area is 228 Å². The van der Waals surface area contributed by atoms with E-state index < -0.39 is 15.9 Å². The van der Waals surface area contributed by atoms with Gasteiger partial charge in [-0.3, -0.25) is 4.79 Å². The molecular weight excluding hydrogens is 522 g/mol. The Hall–Kier alpha value is -3.01. The van der Waals surface area contributed by atoms with Crippen LogP contribution in [0.1, 0.15) is 61.6 Å². The van der Waals surface area contributed by atoms with E-state index >= 15 is 0 Å². The highest BCUT2D eigenvalue weighted by Gasteiger charge is 2.53. The molecule has 38 heavy (non-hydrogen) atoms. The van der Waals surface area contributed by atoms with Gasteiger partial charge in [-0.15, -0.1) is 0 Å². The van der Waals surface area contributed by atoms with E-state index in [9.17, 15) is 13.2 Å². The molecule has 10 heteroatoms. The molecule has 2 bridgehead atoms. The first kappa shape index (κ1) is 26.6. The van der Waals surface area contributed by atoms with E-state index in [-0.39, 0.29) is 21.8 Å². The molecule has 0 spiro atoms. The number of aryl methyl sites for hydroxylation is 1.